The Hall–Kier alpha value is -4.00. The molecule has 160 valence electrons. The molecule has 0 saturated carbocycles. The fourth-order valence-electron chi connectivity index (χ4n) is 3.81. The molecule has 0 spiro atoms. The number of carbonyl (C=O) groups is 1. The molecule has 0 saturated heterocycles. The van der Waals surface area contributed by atoms with Crippen molar-refractivity contribution in [2.75, 3.05) is 6.54 Å². The molecule has 1 aliphatic heterocycles. The average molecular weight is 425 g/mol. The van der Waals surface area contributed by atoms with Gasteiger partial charge in [0.2, 0.25) is 5.91 Å². The molecule has 4 aromatic rings. The van der Waals surface area contributed by atoms with Gasteiger partial charge in [-0.05, 0) is 30.2 Å². The molecule has 2 N–H and O–H groups in total. The van der Waals surface area contributed by atoms with E-state index in [2.05, 4.69) is 31.5 Å². The summed E-state index contributed by atoms with van der Waals surface area (Å²) in [7, 11) is 0. The van der Waals surface area contributed by atoms with Crippen molar-refractivity contribution >= 4 is 5.91 Å². The number of hydrogen-bond donors (Lipinski definition) is 2. The fourth-order valence-corrected chi connectivity index (χ4v) is 3.81. The zero-order valence-electron chi connectivity index (χ0n) is 17.7. The van der Waals surface area contributed by atoms with Crippen molar-refractivity contribution in [1.29, 1.82) is 0 Å². The standard InChI is InChI=1S/C25H23N5O2/c1-16-10-11-21(26-14-16)20-9-5-8-18-12-19(32-24(18)20)15-27-23(31)13-22-28-25(30-29-22)17-6-3-2-4-7-17/h2-11,14,19H,12-13,15H2,1H3,(H,27,31)(H,28,29,30)/t19-/m0/s1. The number of H-pyrrole nitrogens is 1. The average Bonchev–Trinajstić information content (AvgIpc) is 3.45. The van der Waals surface area contributed by atoms with Gasteiger partial charge in [-0.2, -0.15) is 5.10 Å². The van der Waals surface area contributed by atoms with Crippen molar-refractivity contribution < 1.29 is 9.53 Å². The molecule has 7 heteroatoms. The molecule has 5 rings (SSSR count). The van der Waals surface area contributed by atoms with Crippen LogP contribution in [0.15, 0.2) is 66.9 Å². The Labute approximate surface area is 185 Å². The molecule has 0 fully saturated rings. The van der Waals surface area contributed by atoms with Crippen molar-refractivity contribution in [3.63, 3.8) is 0 Å². The van der Waals surface area contributed by atoms with E-state index in [-0.39, 0.29) is 18.4 Å². The maximum Gasteiger partial charge on any atom is 0.227 e. The van der Waals surface area contributed by atoms with E-state index in [1.165, 1.54) is 0 Å². The Morgan fingerprint density at radius 1 is 1.12 bits per heavy atom. The molecule has 0 unspecified atom stereocenters. The van der Waals surface area contributed by atoms with Crippen molar-refractivity contribution in [2.24, 2.45) is 0 Å². The molecule has 0 radical (unpaired) electrons. The molecular weight excluding hydrogens is 402 g/mol. The zero-order chi connectivity index (χ0) is 21.9. The van der Waals surface area contributed by atoms with Crippen LogP contribution >= 0.6 is 0 Å². The topological polar surface area (TPSA) is 92.8 Å². The molecule has 2 aromatic carbocycles. The van der Waals surface area contributed by atoms with E-state index < -0.39 is 0 Å². The third-order valence-electron chi connectivity index (χ3n) is 5.43. The van der Waals surface area contributed by atoms with Crippen LogP contribution in [0.1, 0.15) is 17.0 Å². The first-order valence-electron chi connectivity index (χ1n) is 10.6. The number of aromatic amines is 1. The Bertz CT molecular complexity index is 1230. The van der Waals surface area contributed by atoms with Crippen LogP contribution in [0.5, 0.6) is 5.75 Å². The van der Waals surface area contributed by atoms with E-state index in [0.29, 0.717) is 18.2 Å². The molecule has 32 heavy (non-hydrogen) atoms. The van der Waals surface area contributed by atoms with E-state index in [0.717, 1.165) is 40.1 Å². The summed E-state index contributed by atoms with van der Waals surface area (Å²) in [4.78, 5) is 21.4. The van der Waals surface area contributed by atoms with Crippen molar-refractivity contribution in [2.45, 2.75) is 25.9 Å². The van der Waals surface area contributed by atoms with Crippen molar-refractivity contribution in [1.82, 2.24) is 25.5 Å². The SMILES string of the molecule is Cc1ccc(-c2cccc3c2O[C@H](CNC(=O)Cc2nc(-c4ccccc4)n[nH]2)C3)nc1. The maximum absolute atomic E-state index is 12.4. The van der Waals surface area contributed by atoms with Gasteiger partial charge >= 0.3 is 0 Å². The summed E-state index contributed by atoms with van der Waals surface area (Å²) in [5.74, 6) is 1.84. The first-order valence-corrected chi connectivity index (χ1v) is 10.6. The number of carbonyl (C=O) groups excluding carboxylic acids is 1. The number of nitrogens with zero attached hydrogens (tertiary/aromatic N) is 3. The number of fused-ring (bicyclic) bond motifs is 1. The number of aryl methyl sites for hydroxylation is 1. The minimum Gasteiger partial charge on any atom is -0.487 e. The molecule has 3 heterocycles. The Morgan fingerprint density at radius 2 is 2.00 bits per heavy atom. The number of nitrogens with one attached hydrogen (secondary N) is 2. The van der Waals surface area contributed by atoms with Gasteiger partial charge in [0.25, 0.3) is 0 Å². The highest BCUT2D eigenvalue weighted by molar-refractivity contribution is 5.78. The lowest BCUT2D eigenvalue weighted by Gasteiger charge is -2.13. The van der Waals surface area contributed by atoms with Gasteiger partial charge in [0.15, 0.2) is 5.82 Å². The third kappa shape index (κ3) is 4.23. The number of ether oxygens (including phenoxy) is 1. The molecule has 1 atom stereocenters. The van der Waals surface area contributed by atoms with Gasteiger partial charge in [0.1, 0.15) is 17.7 Å². The summed E-state index contributed by atoms with van der Waals surface area (Å²) in [5.41, 5.74) is 5.02. The second-order valence-corrected chi connectivity index (χ2v) is 7.91. The predicted molar refractivity (Wildman–Crippen MR) is 121 cm³/mol. The highest BCUT2D eigenvalue weighted by Crippen LogP contribution is 2.37. The van der Waals surface area contributed by atoms with Gasteiger partial charge < -0.3 is 10.1 Å². The van der Waals surface area contributed by atoms with Gasteiger partial charge in [0.05, 0.1) is 18.7 Å². The van der Waals surface area contributed by atoms with Crippen LogP contribution in [-0.4, -0.2) is 38.7 Å². The molecule has 7 nitrogen and oxygen atoms in total. The number of aromatic nitrogens is 4. The maximum atomic E-state index is 12.4. The first-order chi connectivity index (χ1) is 15.7. The smallest absolute Gasteiger partial charge is 0.227 e. The third-order valence-corrected chi connectivity index (χ3v) is 5.43. The highest BCUT2D eigenvalue weighted by atomic mass is 16.5. The quantitative estimate of drug-likeness (QED) is 0.493. The summed E-state index contributed by atoms with van der Waals surface area (Å²) < 4.78 is 6.19. The minimum atomic E-state index is -0.124. The van der Waals surface area contributed by atoms with Crippen molar-refractivity contribution in [3.05, 3.63) is 83.8 Å². The molecule has 1 amide bonds. The van der Waals surface area contributed by atoms with Crippen LogP contribution in [0.2, 0.25) is 0 Å². The number of benzene rings is 2. The van der Waals surface area contributed by atoms with E-state index in [9.17, 15) is 4.79 Å². The first kappa shape index (κ1) is 19.9. The minimum absolute atomic E-state index is 0.116. The number of pyridine rings is 1. The van der Waals surface area contributed by atoms with Crippen LogP contribution in [-0.2, 0) is 17.6 Å². The molecule has 0 bridgehead atoms. The van der Waals surface area contributed by atoms with E-state index >= 15 is 0 Å². The lowest BCUT2D eigenvalue weighted by Crippen LogP contribution is -2.35. The van der Waals surface area contributed by atoms with E-state index in [1.54, 1.807) is 0 Å². The highest BCUT2D eigenvalue weighted by Gasteiger charge is 2.26. The predicted octanol–water partition coefficient (Wildman–Crippen LogP) is 3.50. The summed E-state index contributed by atoms with van der Waals surface area (Å²) in [5, 5.41) is 10.0. The Morgan fingerprint density at radius 3 is 2.81 bits per heavy atom. The zero-order valence-corrected chi connectivity index (χ0v) is 17.7. The Balaban J connectivity index is 1.19. The molecular formula is C25H23N5O2. The van der Waals surface area contributed by atoms with Crippen LogP contribution in [0, 0.1) is 6.92 Å². The normalized spacial score (nSPS) is 14.6. The van der Waals surface area contributed by atoms with E-state index in [4.69, 9.17) is 4.74 Å². The number of amides is 1. The molecule has 2 aromatic heterocycles. The summed E-state index contributed by atoms with van der Waals surface area (Å²) in [6, 6.07) is 19.8. The van der Waals surface area contributed by atoms with Crippen LogP contribution in [0.3, 0.4) is 0 Å². The number of rotatable bonds is 6. The largest absolute Gasteiger partial charge is 0.487 e. The summed E-state index contributed by atoms with van der Waals surface area (Å²) in [6.07, 6.45) is 2.62. The van der Waals surface area contributed by atoms with Crippen molar-refractivity contribution in [3.8, 4) is 28.4 Å². The second kappa shape index (κ2) is 8.63. The van der Waals surface area contributed by atoms with Gasteiger partial charge in [-0.25, -0.2) is 4.98 Å². The molecule has 0 aliphatic carbocycles. The van der Waals surface area contributed by atoms with Gasteiger partial charge in [0, 0.05) is 23.7 Å². The fraction of sp³-hybridized carbons (Fsp3) is 0.200. The lowest BCUT2D eigenvalue weighted by atomic mass is 10.0. The Kier molecular flexibility index (Phi) is 5.37. The summed E-state index contributed by atoms with van der Waals surface area (Å²) >= 11 is 0. The van der Waals surface area contributed by atoms with Gasteiger partial charge in [-0.1, -0.05) is 48.5 Å². The second-order valence-electron chi connectivity index (χ2n) is 7.91. The van der Waals surface area contributed by atoms with E-state index in [1.807, 2.05) is 67.7 Å². The van der Waals surface area contributed by atoms with Gasteiger partial charge in [-0.15, -0.1) is 0 Å². The summed E-state index contributed by atoms with van der Waals surface area (Å²) in [6.45, 7) is 2.44. The van der Waals surface area contributed by atoms with Crippen LogP contribution in [0.25, 0.3) is 22.6 Å². The van der Waals surface area contributed by atoms with Gasteiger partial charge in [-0.3, -0.25) is 14.9 Å². The van der Waals surface area contributed by atoms with Crippen LogP contribution in [0.4, 0.5) is 0 Å². The number of hydrogen-bond acceptors (Lipinski definition) is 5. The number of para-hydroxylation sites is 1. The van der Waals surface area contributed by atoms with Crippen LogP contribution < -0.4 is 10.1 Å². The molecule has 1 aliphatic rings. The lowest BCUT2D eigenvalue weighted by molar-refractivity contribution is -0.120. The monoisotopic (exact) mass is 425 g/mol.